The van der Waals surface area contributed by atoms with Gasteiger partial charge in [0.05, 0.1) is 6.61 Å². The molecule has 1 aliphatic rings. The van der Waals surface area contributed by atoms with E-state index in [0.29, 0.717) is 31.3 Å². The van der Waals surface area contributed by atoms with E-state index in [1.54, 1.807) is 12.3 Å². The maximum atomic E-state index is 11.6. The van der Waals surface area contributed by atoms with E-state index in [9.17, 15) is 9.59 Å². The van der Waals surface area contributed by atoms with Crippen molar-refractivity contribution < 1.29 is 14.3 Å². The van der Waals surface area contributed by atoms with E-state index < -0.39 is 6.04 Å². The van der Waals surface area contributed by atoms with Gasteiger partial charge < -0.3 is 10.1 Å². The number of imide groups is 1. The lowest BCUT2D eigenvalue weighted by Gasteiger charge is -2.21. The van der Waals surface area contributed by atoms with Crippen molar-refractivity contribution in [3.63, 3.8) is 0 Å². The molecule has 0 aromatic carbocycles. The van der Waals surface area contributed by atoms with Gasteiger partial charge in [0, 0.05) is 18.7 Å². The fraction of sp³-hybridized carbons (Fsp3) is 0.500. The Hall–Kier alpha value is -2.18. The van der Waals surface area contributed by atoms with Gasteiger partial charge in [-0.05, 0) is 12.8 Å². The Labute approximate surface area is 110 Å². The number of rotatable bonds is 5. The molecule has 1 fully saturated rings. The number of amides is 2. The fourth-order valence-corrected chi connectivity index (χ4v) is 1.69. The number of anilines is 1. The Morgan fingerprint density at radius 3 is 3.11 bits per heavy atom. The number of ether oxygens (including phenoxy) is 1. The molecular formula is C12H16N4O3. The van der Waals surface area contributed by atoms with Crippen molar-refractivity contribution in [2.45, 2.75) is 32.2 Å². The predicted octanol–water partition coefficient (Wildman–Crippen LogP) is 0.482. The fourth-order valence-electron chi connectivity index (χ4n) is 1.69. The van der Waals surface area contributed by atoms with Gasteiger partial charge in [0.15, 0.2) is 0 Å². The molecule has 102 valence electrons. The van der Waals surface area contributed by atoms with Crippen molar-refractivity contribution in [3.05, 3.63) is 12.3 Å². The minimum Gasteiger partial charge on any atom is -0.478 e. The lowest BCUT2D eigenvalue weighted by atomic mass is 10.1. The van der Waals surface area contributed by atoms with E-state index in [1.165, 1.54) is 0 Å². The number of carbonyl (C=O) groups is 2. The quantitative estimate of drug-likeness (QED) is 0.751. The second kappa shape index (κ2) is 6.12. The lowest BCUT2D eigenvalue weighted by molar-refractivity contribution is -0.133. The Morgan fingerprint density at radius 1 is 1.53 bits per heavy atom. The van der Waals surface area contributed by atoms with Crippen LogP contribution in [0.1, 0.15) is 26.2 Å². The summed E-state index contributed by atoms with van der Waals surface area (Å²) >= 11 is 0. The monoisotopic (exact) mass is 264 g/mol. The molecule has 2 amide bonds. The highest BCUT2D eigenvalue weighted by Gasteiger charge is 2.26. The first-order valence-corrected chi connectivity index (χ1v) is 6.25. The maximum Gasteiger partial charge on any atom is 0.249 e. The second-order valence-corrected chi connectivity index (χ2v) is 4.21. The third-order valence-corrected chi connectivity index (χ3v) is 2.63. The van der Waals surface area contributed by atoms with Crippen LogP contribution in [0.15, 0.2) is 12.3 Å². The Bertz CT molecular complexity index is 478. The molecule has 0 aliphatic carbocycles. The first-order valence-electron chi connectivity index (χ1n) is 6.25. The SMILES string of the molecule is CCCOc1ccnc(NC2CCC(=O)NC2=O)n1. The summed E-state index contributed by atoms with van der Waals surface area (Å²) in [6.07, 6.45) is 3.20. The Balaban J connectivity index is 1.98. The first-order chi connectivity index (χ1) is 9.19. The molecule has 7 nitrogen and oxygen atoms in total. The van der Waals surface area contributed by atoms with Crippen LogP contribution in [0.5, 0.6) is 5.88 Å². The van der Waals surface area contributed by atoms with Crippen molar-refractivity contribution in [3.8, 4) is 5.88 Å². The van der Waals surface area contributed by atoms with Gasteiger partial charge in [-0.3, -0.25) is 14.9 Å². The van der Waals surface area contributed by atoms with Gasteiger partial charge in [0.2, 0.25) is 23.6 Å². The van der Waals surface area contributed by atoms with Crippen LogP contribution < -0.4 is 15.4 Å². The van der Waals surface area contributed by atoms with Crippen LogP contribution in [-0.4, -0.2) is 34.4 Å². The number of nitrogens with zero attached hydrogens (tertiary/aromatic N) is 2. The van der Waals surface area contributed by atoms with Gasteiger partial charge >= 0.3 is 0 Å². The number of nitrogens with one attached hydrogen (secondary N) is 2. The second-order valence-electron chi connectivity index (χ2n) is 4.21. The van der Waals surface area contributed by atoms with E-state index in [-0.39, 0.29) is 11.8 Å². The highest BCUT2D eigenvalue weighted by Crippen LogP contribution is 2.13. The number of carbonyl (C=O) groups excluding carboxylic acids is 2. The molecule has 1 aliphatic heterocycles. The molecule has 0 radical (unpaired) electrons. The minimum atomic E-state index is -0.487. The van der Waals surface area contributed by atoms with Crippen molar-refractivity contribution in [2.24, 2.45) is 0 Å². The number of aromatic nitrogens is 2. The van der Waals surface area contributed by atoms with Crippen molar-refractivity contribution >= 4 is 17.8 Å². The van der Waals surface area contributed by atoms with Crippen LogP contribution >= 0.6 is 0 Å². The molecule has 7 heteroatoms. The van der Waals surface area contributed by atoms with Gasteiger partial charge in [-0.15, -0.1) is 0 Å². The van der Waals surface area contributed by atoms with E-state index in [2.05, 4.69) is 20.6 Å². The van der Waals surface area contributed by atoms with Crippen molar-refractivity contribution in [1.29, 1.82) is 0 Å². The van der Waals surface area contributed by atoms with E-state index in [0.717, 1.165) is 6.42 Å². The summed E-state index contributed by atoms with van der Waals surface area (Å²) in [5.74, 6) is 0.193. The molecule has 1 aromatic rings. The molecule has 19 heavy (non-hydrogen) atoms. The summed E-state index contributed by atoms with van der Waals surface area (Å²) in [7, 11) is 0. The molecule has 1 atom stereocenters. The number of hydrogen-bond donors (Lipinski definition) is 2. The van der Waals surface area contributed by atoms with Crippen LogP contribution in [0.25, 0.3) is 0 Å². The zero-order valence-corrected chi connectivity index (χ0v) is 10.7. The summed E-state index contributed by atoms with van der Waals surface area (Å²) < 4.78 is 5.38. The Kier molecular flexibility index (Phi) is 4.27. The maximum absolute atomic E-state index is 11.6. The zero-order valence-electron chi connectivity index (χ0n) is 10.7. The summed E-state index contributed by atoms with van der Waals surface area (Å²) in [6.45, 7) is 2.58. The summed E-state index contributed by atoms with van der Waals surface area (Å²) in [5, 5.41) is 5.17. The lowest BCUT2D eigenvalue weighted by Crippen LogP contribution is -2.47. The summed E-state index contributed by atoms with van der Waals surface area (Å²) in [5.41, 5.74) is 0. The molecular weight excluding hydrogens is 248 g/mol. The van der Waals surface area contributed by atoms with Gasteiger partial charge in [0.25, 0.3) is 0 Å². The van der Waals surface area contributed by atoms with Crippen molar-refractivity contribution in [1.82, 2.24) is 15.3 Å². The normalized spacial score (nSPS) is 18.9. The molecule has 1 aromatic heterocycles. The minimum absolute atomic E-state index is 0.246. The van der Waals surface area contributed by atoms with Crippen molar-refractivity contribution in [2.75, 3.05) is 11.9 Å². The van der Waals surface area contributed by atoms with Gasteiger partial charge in [0.1, 0.15) is 6.04 Å². The van der Waals surface area contributed by atoms with E-state index in [1.807, 2.05) is 6.92 Å². The van der Waals surface area contributed by atoms with E-state index >= 15 is 0 Å². The number of hydrogen-bond acceptors (Lipinski definition) is 6. The third-order valence-electron chi connectivity index (χ3n) is 2.63. The van der Waals surface area contributed by atoms with Gasteiger partial charge in [-0.2, -0.15) is 4.98 Å². The van der Waals surface area contributed by atoms with E-state index in [4.69, 9.17) is 4.74 Å². The highest BCUT2D eigenvalue weighted by atomic mass is 16.5. The number of piperidine rings is 1. The molecule has 2 heterocycles. The smallest absolute Gasteiger partial charge is 0.249 e. The summed E-state index contributed by atoms with van der Waals surface area (Å²) in [6, 6.07) is 1.17. The summed E-state index contributed by atoms with van der Waals surface area (Å²) in [4.78, 5) is 30.8. The van der Waals surface area contributed by atoms with Gasteiger partial charge in [-0.1, -0.05) is 6.92 Å². The van der Waals surface area contributed by atoms with Crippen LogP contribution in [0.3, 0.4) is 0 Å². The Morgan fingerprint density at radius 2 is 2.37 bits per heavy atom. The average Bonchev–Trinajstić information content (AvgIpc) is 2.40. The van der Waals surface area contributed by atoms with Crippen LogP contribution in [0.4, 0.5) is 5.95 Å². The molecule has 1 saturated heterocycles. The third kappa shape index (κ3) is 3.64. The first kappa shape index (κ1) is 13.3. The molecule has 1 unspecified atom stereocenters. The van der Waals surface area contributed by atoms with Crippen LogP contribution in [0, 0.1) is 0 Å². The molecule has 0 saturated carbocycles. The largest absolute Gasteiger partial charge is 0.478 e. The topological polar surface area (TPSA) is 93.2 Å². The predicted molar refractivity (Wildman–Crippen MR) is 67.6 cm³/mol. The molecule has 0 bridgehead atoms. The molecule has 2 rings (SSSR count). The highest BCUT2D eigenvalue weighted by molar-refractivity contribution is 6.01. The van der Waals surface area contributed by atoms with Crippen LogP contribution in [0.2, 0.25) is 0 Å². The standard InChI is InChI=1S/C12H16N4O3/c1-2-7-19-10-5-6-13-12(16-10)14-8-3-4-9(17)15-11(8)18/h5-6,8H,2-4,7H2,1H3,(H,13,14,16)(H,15,17,18). The zero-order chi connectivity index (χ0) is 13.7. The molecule has 2 N–H and O–H groups in total. The molecule has 0 spiro atoms. The van der Waals surface area contributed by atoms with Gasteiger partial charge in [-0.25, -0.2) is 4.98 Å². The average molecular weight is 264 g/mol. The van der Waals surface area contributed by atoms with Crippen LogP contribution in [-0.2, 0) is 9.59 Å².